The van der Waals surface area contributed by atoms with Gasteiger partial charge in [0.1, 0.15) is 11.5 Å². The van der Waals surface area contributed by atoms with E-state index >= 15 is 0 Å². The molecule has 1 saturated heterocycles. The van der Waals surface area contributed by atoms with Crippen LogP contribution in [0.25, 0.3) is 22.0 Å². The molecule has 162 valence electrons. The third-order valence-electron chi connectivity index (χ3n) is 5.70. The Morgan fingerprint density at radius 2 is 1.34 bits per heavy atom. The molecular weight excluding hydrogens is 427 g/mol. The van der Waals surface area contributed by atoms with Crippen LogP contribution in [0.4, 0.5) is 10.2 Å². The summed E-state index contributed by atoms with van der Waals surface area (Å²) >= 11 is 0. The molecule has 0 amide bonds. The Balaban J connectivity index is 1.42. The van der Waals surface area contributed by atoms with Gasteiger partial charge in [-0.1, -0.05) is 54.6 Å². The number of fused-ring (bicyclic) bond motifs is 1. The maximum absolute atomic E-state index is 13.2. The smallest absolute Gasteiger partial charge is 0.243 e. The van der Waals surface area contributed by atoms with Crippen LogP contribution in [0, 0.1) is 5.82 Å². The number of piperazine rings is 1. The fourth-order valence-corrected chi connectivity index (χ4v) is 5.45. The van der Waals surface area contributed by atoms with Gasteiger partial charge in [0.2, 0.25) is 10.0 Å². The predicted molar refractivity (Wildman–Crippen MR) is 122 cm³/mol. The number of halogens is 1. The van der Waals surface area contributed by atoms with Crippen molar-refractivity contribution in [3.05, 3.63) is 84.7 Å². The zero-order valence-electron chi connectivity index (χ0n) is 17.2. The van der Waals surface area contributed by atoms with Crippen molar-refractivity contribution in [2.75, 3.05) is 31.1 Å². The van der Waals surface area contributed by atoms with Gasteiger partial charge in [-0.05, 0) is 24.3 Å². The number of rotatable bonds is 4. The van der Waals surface area contributed by atoms with Crippen molar-refractivity contribution in [2.24, 2.45) is 0 Å². The first-order valence-electron chi connectivity index (χ1n) is 10.4. The van der Waals surface area contributed by atoms with Gasteiger partial charge in [0, 0.05) is 42.5 Å². The van der Waals surface area contributed by atoms with Crippen molar-refractivity contribution in [3.63, 3.8) is 0 Å². The summed E-state index contributed by atoms with van der Waals surface area (Å²) in [5.41, 5.74) is 1.82. The van der Waals surface area contributed by atoms with E-state index in [4.69, 9.17) is 0 Å². The molecular formula is C24H21FN4O2S. The summed E-state index contributed by atoms with van der Waals surface area (Å²) < 4.78 is 40.5. The Kier molecular flexibility index (Phi) is 5.32. The molecule has 1 aliphatic rings. The van der Waals surface area contributed by atoms with Crippen molar-refractivity contribution in [1.82, 2.24) is 14.5 Å². The van der Waals surface area contributed by atoms with Gasteiger partial charge in [0.25, 0.3) is 0 Å². The monoisotopic (exact) mass is 448 g/mol. The van der Waals surface area contributed by atoms with Gasteiger partial charge < -0.3 is 4.90 Å². The largest absolute Gasteiger partial charge is 0.352 e. The second-order valence-corrected chi connectivity index (χ2v) is 9.57. The number of sulfonamides is 1. The fourth-order valence-electron chi connectivity index (χ4n) is 4.03. The minimum Gasteiger partial charge on any atom is -0.352 e. The number of anilines is 1. The predicted octanol–water partition coefficient (Wildman–Crippen LogP) is 3.95. The zero-order chi connectivity index (χ0) is 22.1. The van der Waals surface area contributed by atoms with Gasteiger partial charge in [0.15, 0.2) is 5.82 Å². The third-order valence-corrected chi connectivity index (χ3v) is 7.62. The summed E-state index contributed by atoms with van der Waals surface area (Å²) in [6, 6.07) is 22.9. The second kappa shape index (κ2) is 8.29. The average Bonchev–Trinajstić information content (AvgIpc) is 2.84. The van der Waals surface area contributed by atoms with Gasteiger partial charge in [-0.2, -0.15) is 4.31 Å². The van der Waals surface area contributed by atoms with Gasteiger partial charge in [-0.3, -0.25) is 0 Å². The first kappa shape index (κ1) is 20.5. The van der Waals surface area contributed by atoms with Gasteiger partial charge in [-0.25, -0.2) is 12.8 Å². The van der Waals surface area contributed by atoms with E-state index in [9.17, 15) is 12.8 Å². The van der Waals surface area contributed by atoms with Crippen molar-refractivity contribution in [2.45, 2.75) is 4.90 Å². The van der Waals surface area contributed by atoms with Crippen LogP contribution in [0.3, 0.4) is 0 Å². The van der Waals surface area contributed by atoms with E-state index in [1.165, 1.54) is 28.6 Å². The van der Waals surface area contributed by atoms with Crippen LogP contribution in [0.15, 0.2) is 83.8 Å². The van der Waals surface area contributed by atoms with Gasteiger partial charge in [0.05, 0.1) is 4.90 Å². The molecule has 3 aromatic carbocycles. The first-order chi connectivity index (χ1) is 15.5. The van der Waals surface area contributed by atoms with E-state index in [1.807, 2.05) is 54.6 Å². The SMILES string of the molecule is O=S(=O)(c1ccc(F)cc1)N1CCN(c2nnc(-c3ccccc3)c3ccccc23)CC1. The average molecular weight is 449 g/mol. The maximum Gasteiger partial charge on any atom is 0.243 e. The van der Waals surface area contributed by atoms with E-state index in [1.54, 1.807) is 0 Å². The highest BCUT2D eigenvalue weighted by molar-refractivity contribution is 7.89. The van der Waals surface area contributed by atoms with Gasteiger partial charge >= 0.3 is 0 Å². The number of benzene rings is 3. The lowest BCUT2D eigenvalue weighted by Crippen LogP contribution is -2.49. The van der Waals surface area contributed by atoms with E-state index in [0.29, 0.717) is 26.2 Å². The third kappa shape index (κ3) is 3.72. The standard InChI is InChI=1S/C24H21FN4O2S/c25-19-10-12-20(13-11-19)32(30,31)29-16-14-28(15-17-29)24-22-9-5-4-8-21(22)23(26-27-24)18-6-2-1-3-7-18/h1-13H,14-17H2. The summed E-state index contributed by atoms with van der Waals surface area (Å²) in [7, 11) is -3.67. The molecule has 0 spiro atoms. The highest BCUT2D eigenvalue weighted by Gasteiger charge is 2.29. The van der Waals surface area contributed by atoms with Crippen LogP contribution in [0.2, 0.25) is 0 Å². The molecule has 32 heavy (non-hydrogen) atoms. The highest BCUT2D eigenvalue weighted by Crippen LogP contribution is 2.32. The van der Waals surface area contributed by atoms with Crippen molar-refractivity contribution in [3.8, 4) is 11.3 Å². The summed E-state index contributed by atoms with van der Waals surface area (Å²) in [5.74, 6) is 0.289. The molecule has 1 aromatic heterocycles. The quantitative estimate of drug-likeness (QED) is 0.473. The van der Waals surface area contributed by atoms with Crippen molar-refractivity contribution >= 4 is 26.6 Å². The van der Waals surface area contributed by atoms with Crippen LogP contribution >= 0.6 is 0 Å². The summed E-state index contributed by atoms with van der Waals surface area (Å²) in [6.45, 7) is 1.61. The van der Waals surface area contributed by atoms with E-state index < -0.39 is 15.8 Å². The molecule has 5 rings (SSSR count). The lowest BCUT2D eigenvalue weighted by Gasteiger charge is -2.35. The van der Waals surface area contributed by atoms with Crippen molar-refractivity contribution in [1.29, 1.82) is 0 Å². The molecule has 6 nitrogen and oxygen atoms in total. The number of nitrogens with zero attached hydrogens (tertiary/aromatic N) is 4. The minimum absolute atomic E-state index is 0.102. The molecule has 0 atom stereocenters. The number of hydrogen-bond acceptors (Lipinski definition) is 5. The van der Waals surface area contributed by atoms with Crippen LogP contribution in [-0.4, -0.2) is 49.1 Å². The van der Waals surface area contributed by atoms with Crippen LogP contribution in [0.5, 0.6) is 0 Å². The Morgan fingerprint density at radius 3 is 2.03 bits per heavy atom. The van der Waals surface area contributed by atoms with Crippen molar-refractivity contribution < 1.29 is 12.8 Å². The molecule has 0 bridgehead atoms. The highest BCUT2D eigenvalue weighted by atomic mass is 32.2. The van der Waals surface area contributed by atoms with Crippen LogP contribution in [0.1, 0.15) is 0 Å². The molecule has 4 aromatic rings. The second-order valence-electron chi connectivity index (χ2n) is 7.63. The van der Waals surface area contributed by atoms with E-state index in [0.717, 1.165) is 27.8 Å². The van der Waals surface area contributed by atoms with Crippen LogP contribution < -0.4 is 4.90 Å². The Morgan fingerprint density at radius 1 is 0.719 bits per heavy atom. The molecule has 0 saturated carbocycles. The summed E-state index contributed by atoms with van der Waals surface area (Å²) in [6.07, 6.45) is 0. The fraction of sp³-hybridized carbons (Fsp3) is 0.167. The van der Waals surface area contributed by atoms with Gasteiger partial charge in [-0.15, -0.1) is 10.2 Å². The zero-order valence-corrected chi connectivity index (χ0v) is 18.0. The molecule has 2 heterocycles. The summed E-state index contributed by atoms with van der Waals surface area (Å²) in [4.78, 5) is 2.17. The molecule has 8 heteroatoms. The van der Waals surface area contributed by atoms with E-state index in [2.05, 4.69) is 15.1 Å². The lowest BCUT2D eigenvalue weighted by molar-refractivity contribution is 0.384. The maximum atomic E-state index is 13.2. The Hall–Kier alpha value is -3.36. The molecule has 1 aliphatic heterocycles. The summed E-state index contributed by atoms with van der Waals surface area (Å²) in [5, 5.41) is 11.0. The molecule has 0 unspecified atom stereocenters. The normalized spacial score (nSPS) is 15.2. The van der Waals surface area contributed by atoms with Crippen LogP contribution in [-0.2, 0) is 10.0 Å². The number of hydrogen-bond donors (Lipinski definition) is 0. The number of aromatic nitrogens is 2. The minimum atomic E-state index is -3.67. The molecule has 1 fully saturated rings. The topological polar surface area (TPSA) is 66.4 Å². The lowest BCUT2D eigenvalue weighted by atomic mass is 10.0. The Labute approximate surface area is 186 Å². The molecule has 0 radical (unpaired) electrons. The Bertz CT molecular complexity index is 1350. The van der Waals surface area contributed by atoms with E-state index in [-0.39, 0.29) is 4.90 Å². The molecule has 0 N–H and O–H groups in total. The molecule has 0 aliphatic carbocycles. The first-order valence-corrected chi connectivity index (χ1v) is 11.8.